The zero-order valence-electron chi connectivity index (χ0n) is 10.8. The van der Waals surface area contributed by atoms with Crippen LogP contribution in [0.1, 0.15) is 52.9 Å². The Hall–Kier alpha value is -0.990. The normalized spacial score (nSPS) is 12.8. The third kappa shape index (κ3) is 7.32. The van der Waals surface area contributed by atoms with Crippen molar-refractivity contribution in [3.05, 3.63) is 0 Å². The predicted molar refractivity (Wildman–Crippen MR) is 68.8 cm³/mol. The van der Waals surface area contributed by atoms with Crippen molar-refractivity contribution in [2.45, 2.75) is 58.9 Å². The predicted octanol–water partition coefficient (Wildman–Crippen LogP) is 3.10. The number of terminal acetylenes is 1. The second-order valence-electron chi connectivity index (χ2n) is 4.91. The van der Waals surface area contributed by atoms with Crippen molar-refractivity contribution in [1.82, 2.24) is 5.32 Å². The molecule has 1 atom stereocenters. The number of hydrogen-bond donors (Lipinski definition) is 1. The Kier molecular flexibility index (Phi) is 7.69. The van der Waals surface area contributed by atoms with E-state index >= 15 is 0 Å². The maximum Gasteiger partial charge on any atom is 0.0686 e. The number of nitrogens with zero attached hydrogens (tertiary/aromatic N) is 1. The summed E-state index contributed by atoms with van der Waals surface area (Å²) in [6.45, 7) is 7.07. The molecule has 0 bridgehead atoms. The maximum atomic E-state index is 8.85. The van der Waals surface area contributed by atoms with Gasteiger partial charge in [-0.1, -0.05) is 25.7 Å². The van der Waals surface area contributed by atoms with E-state index in [1.807, 2.05) is 13.8 Å². The van der Waals surface area contributed by atoms with Crippen LogP contribution < -0.4 is 5.32 Å². The molecule has 0 spiro atoms. The van der Waals surface area contributed by atoms with Crippen molar-refractivity contribution < 1.29 is 0 Å². The monoisotopic (exact) mass is 220 g/mol. The average Bonchev–Trinajstić information content (AvgIpc) is 2.27. The number of unbranched alkanes of at least 4 members (excludes halogenated alkanes) is 1. The molecular formula is C14H24N2. The fourth-order valence-corrected chi connectivity index (χ4v) is 1.56. The fourth-order valence-electron chi connectivity index (χ4n) is 1.56. The Balaban J connectivity index is 3.55. The van der Waals surface area contributed by atoms with Crippen molar-refractivity contribution >= 4 is 0 Å². The van der Waals surface area contributed by atoms with E-state index in [2.05, 4.69) is 24.2 Å². The Morgan fingerprint density at radius 1 is 1.38 bits per heavy atom. The number of hydrogen-bond acceptors (Lipinski definition) is 2. The van der Waals surface area contributed by atoms with E-state index in [4.69, 9.17) is 11.7 Å². The van der Waals surface area contributed by atoms with Crippen molar-refractivity contribution in [1.29, 1.82) is 5.26 Å². The van der Waals surface area contributed by atoms with E-state index in [1.54, 1.807) is 0 Å². The average molecular weight is 220 g/mol. The molecule has 1 N–H and O–H groups in total. The summed E-state index contributed by atoms with van der Waals surface area (Å²) in [7, 11) is 0. The van der Waals surface area contributed by atoms with E-state index < -0.39 is 0 Å². The van der Waals surface area contributed by atoms with Crippen LogP contribution in [-0.4, -0.2) is 12.6 Å². The van der Waals surface area contributed by atoms with Gasteiger partial charge in [0.15, 0.2) is 0 Å². The van der Waals surface area contributed by atoms with Gasteiger partial charge in [0, 0.05) is 0 Å². The lowest BCUT2D eigenvalue weighted by Gasteiger charge is -2.15. The van der Waals surface area contributed by atoms with Gasteiger partial charge in [-0.05, 0) is 39.7 Å². The fraction of sp³-hybridized carbons (Fsp3) is 0.786. The Morgan fingerprint density at radius 3 is 2.56 bits per heavy atom. The second kappa shape index (κ2) is 8.20. The highest BCUT2D eigenvalue weighted by atomic mass is 14.9. The number of nitrogens with one attached hydrogen (secondary N) is 1. The van der Waals surface area contributed by atoms with Crippen molar-refractivity contribution in [2.75, 3.05) is 6.54 Å². The van der Waals surface area contributed by atoms with Crippen molar-refractivity contribution in [3.8, 4) is 18.4 Å². The standard InChI is InChI=1S/C14H24N2/c1-5-9-13(6-2)16-11-8-7-10-14(3,4)12-15/h2,13,16H,5,7-11H2,1,3-4H3. The van der Waals surface area contributed by atoms with Crippen LogP contribution in [-0.2, 0) is 0 Å². The Morgan fingerprint density at radius 2 is 2.06 bits per heavy atom. The maximum absolute atomic E-state index is 8.85. The zero-order valence-corrected chi connectivity index (χ0v) is 10.8. The lowest BCUT2D eigenvalue weighted by Crippen LogP contribution is -2.28. The molecule has 0 saturated carbocycles. The Bertz CT molecular complexity index is 255. The third-order valence-corrected chi connectivity index (χ3v) is 2.70. The number of nitriles is 1. The SMILES string of the molecule is C#CC(CCC)NCCCCC(C)(C)C#N. The van der Waals surface area contributed by atoms with Gasteiger partial charge in [-0.25, -0.2) is 0 Å². The summed E-state index contributed by atoms with van der Waals surface area (Å²) in [6, 6.07) is 2.54. The first-order valence-corrected chi connectivity index (χ1v) is 6.16. The molecule has 0 fully saturated rings. The molecule has 2 heteroatoms. The van der Waals surface area contributed by atoms with Gasteiger partial charge >= 0.3 is 0 Å². The van der Waals surface area contributed by atoms with Gasteiger partial charge in [-0.2, -0.15) is 5.26 Å². The van der Waals surface area contributed by atoms with Crippen molar-refractivity contribution in [2.24, 2.45) is 5.41 Å². The van der Waals surface area contributed by atoms with E-state index in [0.717, 1.165) is 38.6 Å². The van der Waals surface area contributed by atoms with Crippen molar-refractivity contribution in [3.63, 3.8) is 0 Å². The molecule has 0 radical (unpaired) electrons. The summed E-state index contributed by atoms with van der Waals surface area (Å²) in [6.07, 6.45) is 10.7. The summed E-state index contributed by atoms with van der Waals surface area (Å²) < 4.78 is 0. The summed E-state index contributed by atoms with van der Waals surface area (Å²) in [5.41, 5.74) is -0.186. The van der Waals surface area contributed by atoms with Gasteiger partial charge < -0.3 is 5.32 Å². The highest BCUT2D eigenvalue weighted by Gasteiger charge is 2.15. The van der Waals surface area contributed by atoms with E-state index in [1.165, 1.54) is 0 Å². The van der Waals surface area contributed by atoms with Crippen LogP contribution in [0.4, 0.5) is 0 Å². The minimum absolute atomic E-state index is 0.186. The van der Waals surface area contributed by atoms with Crippen LogP contribution in [0.2, 0.25) is 0 Å². The lowest BCUT2D eigenvalue weighted by atomic mass is 9.89. The van der Waals surface area contributed by atoms with Gasteiger partial charge in [0.2, 0.25) is 0 Å². The van der Waals surface area contributed by atoms with Crippen LogP contribution >= 0.6 is 0 Å². The van der Waals surface area contributed by atoms with E-state index in [0.29, 0.717) is 0 Å². The molecule has 0 aromatic carbocycles. The molecule has 0 aliphatic carbocycles. The second-order valence-corrected chi connectivity index (χ2v) is 4.91. The van der Waals surface area contributed by atoms with Gasteiger partial charge in [0.1, 0.15) is 0 Å². The third-order valence-electron chi connectivity index (χ3n) is 2.70. The summed E-state index contributed by atoms with van der Waals surface area (Å²) in [5, 5.41) is 12.2. The van der Waals surface area contributed by atoms with Crippen LogP contribution in [0.15, 0.2) is 0 Å². The topological polar surface area (TPSA) is 35.8 Å². The molecule has 90 valence electrons. The summed E-state index contributed by atoms with van der Waals surface area (Å²) in [5.74, 6) is 2.76. The van der Waals surface area contributed by atoms with E-state index in [-0.39, 0.29) is 11.5 Å². The first-order chi connectivity index (χ1) is 7.55. The minimum atomic E-state index is -0.186. The first kappa shape index (κ1) is 15.0. The van der Waals surface area contributed by atoms with Crippen LogP contribution in [0, 0.1) is 29.1 Å². The quantitative estimate of drug-likeness (QED) is 0.504. The van der Waals surface area contributed by atoms with Crippen LogP contribution in [0.25, 0.3) is 0 Å². The molecule has 16 heavy (non-hydrogen) atoms. The molecule has 0 aromatic rings. The first-order valence-electron chi connectivity index (χ1n) is 6.16. The van der Waals surface area contributed by atoms with Crippen LogP contribution in [0.3, 0.4) is 0 Å². The molecule has 0 rings (SSSR count). The lowest BCUT2D eigenvalue weighted by molar-refractivity contribution is 0.418. The van der Waals surface area contributed by atoms with Gasteiger partial charge in [0.25, 0.3) is 0 Å². The molecule has 0 aliphatic heterocycles. The van der Waals surface area contributed by atoms with Gasteiger partial charge in [-0.15, -0.1) is 6.42 Å². The summed E-state index contributed by atoms with van der Waals surface area (Å²) in [4.78, 5) is 0. The zero-order chi connectivity index (χ0) is 12.4. The molecule has 0 amide bonds. The highest BCUT2D eigenvalue weighted by Crippen LogP contribution is 2.21. The minimum Gasteiger partial charge on any atom is -0.304 e. The van der Waals surface area contributed by atoms with E-state index in [9.17, 15) is 0 Å². The van der Waals surface area contributed by atoms with Gasteiger partial charge in [-0.3, -0.25) is 0 Å². The Labute approximate surface area is 100 Å². The molecular weight excluding hydrogens is 196 g/mol. The molecule has 0 aromatic heterocycles. The molecule has 0 saturated heterocycles. The van der Waals surface area contributed by atoms with Gasteiger partial charge in [0.05, 0.1) is 17.5 Å². The summed E-state index contributed by atoms with van der Waals surface area (Å²) >= 11 is 0. The molecule has 0 heterocycles. The smallest absolute Gasteiger partial charge is 0.0686 e. The molecule has 1 unspecified atom stereocenters. The molecule has 0 aliphatic rings. The van der Waals surface area contributed by atoms with Crippen LogP contribution in [0.5, 0.6) is 0 Å². The largest absolute Gasteiger partial charge is 0.304 e. The number of rotatable bonds is 8. The highest BCUT2D eigenvalue weighted by molar-refractivity contribution is 4.98. The molecule has 2 nitrogen and oxygen atoms in total.